The summed E-state index contributed by atoms with van der Waals surface area (Å²) in [6.45, 7) is 5.69. The Balaban J connectivity index is 1.72. The van der Waals surface area contributed by atoms with Gasteiger partial charge in [-0.1, -0.05) is 0 Å². The summed E-state index contributed by atoms with van der Waals surface area (Å²) in [6.07, 6.45) is -0.446. The number of rotatable bonds is 6. The third-order valence-corrected chi connectivity index (χ3v) is 8.46. The van der Waals surface area contributed by atoms with Gasteiger partial charge in [0.1, 0.15) is 15.7 Å². The van der Waals surface area contributed by atoms with E-state index >= 15 is 0 Å². The maximum Gasteiger partial charge on any atom is 0.346 e. The summed E-state index contributed by atoms with van der Waals surface area (Å²) in [5.74, 6) is 0. The highest BCUT2D eigenvalue weighted by molar-refractivity contribution is 14.1. The van der Waals surface area contributed by atoms with Crippen molar-refractivity contribution in [3.63, 3.8) is 0 Å². The first-order valence-corrected chi connectivity index (χ1v) is 12.2. The minimum absolute atomic E-state index is 0.0879. The number of aliphatic hydroxyl groups is 1. The van der Waals surface area contributed by atoms with Crippen molar-refractivity contribution in [2.45, 2.75) is 24.2 Å². The van der Waals surface area contributed by atoms with Gasteiger partial charge in [0.05, 0.1) is 25.4 Å². The van der Waals surface area contributed by atoms with Crippen molar-refractivity contribution in [2.75, 3.05) is 65.6 Å². The van der Waals surface area contributed by atoms with Gasteiger partial charge in [-0.3, -0.25) is 4.57 Å². The summed E-state index contributed by atoms with van der Waals surface area (Å²) in [7, 11) is 0.757. The van der Waals surface area contributed by atoms with E-state index < -0.39 is 7.67 Å². The van der Waals surface area contributed by atoms with Gasteiger partial charge in [-0.2, -0.15) is 0 Å². The summed E-state index contributed by atoms with van der Waals surface area (Å²) in [4.78, 5) is 0. The van der Waals surface area contributed by atoms with E-state index in [4.69, 9.17) is 14.0 Å². The number of ether oxygens (including phenoxy) is 2. The molecule has 3 rings (SSSR count). The first-order chi connectivity index (χ1) is 12.9. The lowest BCUT2D eigenvalue weighted by Crippen LogP contribution is -2.52. The van der Waals surface area contributed by atoms with E-state index in [1.807, 2.05) is 25.0 Å². The van der Waals surface area contributed by atoms with Gasteiger partial charge in [-0.25, -0.2) is 12.5 Å². The lowest BCUT2D eigenvalue weighted by atomic mass is 9.98. The van der Waals surface area contributed by atoms with Crippen LogP contribution in [0.2, 0.25) is 0 Å². The van der Waals surface area contributed by atoms with Gasteiger partial charge < -0.3 is 24.4 Å². The number of nitrogens with zero attached hydrogens (tertiary/aromatic N) is 3. The van der Waals surface area contributed by atoms with Crippen LogP contribution >= 0.6 is 30.5 Å². The fourth-order valence-corrected chi connectivity index (χ4v) is 7.41. The molecule has 3 heterocycles. The molecule has 0 aromatic heterocycles. The summed E-state index contributed by atoms with van der Waals surface area (Å²) in [5, 5.41) is 12.9. The highest BCUT2D eigenvalue weighted by atomic mass is 127. The standard InChI is InChI=1S/C14H30B2IN4O5P/c15-13-7-19(17)5-12(26-13)10-24-27(23,20-3-1-18-2-4-20)21-6-11(9-22)25-14(16)8-21/h11-14,18,22H,1-10,15-16H2. The van der Waals surface area contributed by atoms with Crippen molar-refractivity contribution in [3.8, 4) is 0 Å². The second-order valence-electron chi connectivity index (χ2n) is 7.51. The second kappa shape index (κ2) is 10.2. The van der Waals surface area contributed by atoms with Gasteiger partial charge in [-0.05, 0) is 0 Å². The molecule has 0 aromatic rings. The Morgan fingerprint density at radius 1 is 1.07 bits per heavy atom. The van der Waals surface area contributed by atoms with Crippen LogP contribution in [0.4, 0.5) is 0 Å². The average molecular weight is 514 g/mol. The quantitative estimate of drug-likeness (QED) is 0.176. The number of hydrogen-bond donors (Lipinski definition) is 2. The zero-order valence-electron chi connectivity index (χ0n) is 16.1. The highest BCUT2D eigenvalue weighted by Crippen LogP contribution is 2.55. The first kappa shape index (κ1) is 22.5. The molecule has 3 fully saturated rings. The van der Waals surface area contributed by atoms with Crippen molar-refractivity contribution >= 4 is 46.2 Å². The number of piperazine rings is 1. The smallest absolute Gasteiger partial charge is 0.346 e. The molecule has 0 aromatic carbocycles. The summed E-state index contributed by atoms with van der Waals surface area (Å²) < 4.78 is 38.1. The topological polar surface area (TPSA) is 86.7 Å². The van der Waals surface area contributed by atoms with Crippen LogP contribution in [0.15, 0.2) is 0 Å². The Morgan fingerprint density at radius 3 is 2.41 bits per heavy atom. The zero-order chi connectivity index (χ0) is 19.4. The van der Waals surface area contributed by atoms with E-state index in [0.29, 0.717) is 32.8 Å². The molecule has 154 valence electrons. The first-order valence-electron chi connectivity index (χ1n) is 9.69. The van der Waals surface area contributed by atoms with E-state index in [9.17, 15) is 9.67 Å². The van der Waals surface area contributed by atoms with Crippen LogP contribution in [0.1, 0.15) is 0 Å². The van der Waals surface area contributed by atoms with Crippen molar-refractivity contribution in [1.82, 2.24) is 17.8 Å². The Kier molecular flexibility index (Phi) is 8.47. The van der Waals surface area contributed by atoms with Crippen LogP contribution < -0.4 is 5.32 Å². The predicted octanol–water partition coefficient (Wildman–Crippen LogP) is -2.32. The third kappa shape index (κ3) is 5.90. The molecule has 9 nitrogen and oxygen atoms in total. The molecule has 3 aliphatic rings. The lowest BCUT2D eigenvalue weighted by Gasteiger charge is -2.45. The van der Waals surface area contributed by atoms with Gasteiger partial charge in [0.2, 0.25) is 0 Å². The zero-order valence-corrected chi connectivity index (χ0v) is 19.2. The molecule has 0 saturated carbocycles. The lowest BCUT2D eigenvalue weighted by molar-refractivity contribution is -0.0621. The van der Waals surface area contributed by atoms with Gasteiger partial charge in [0, 0.05) is 87.2 Å². The second-order valence-corrected chi connectivity index (χ2v) is 11.2. The van der Waals surface area contributed by atoms with E-state index in [1.165, 1.54) is 0 Å². The van der Waals surface area contributed by atoms with Crippen LogP contribution in [-0.2, 0) is 18.6 Å². The van der Waals surface area contributed by atoms with E-state index in [0.717, 1.165) is 26.2 Å². The van der Waals surface area contributed by atoms with Gasteiger partial charge in [0.25, 0.3) is 0 Å². The fourth-order valence-electron chi connectivity index (χ4n) is 3.84. The molecule has 0 amide bonds. The SMILES string of the molecule is BC1CN(I)CC(COP(=O)(N2CCNCC2)N2CC(B)OC(CO)C2)O1. The third-order valence-electron chi connectivity index (χ3n) is 5.03. The van der Waals surface area contributed by atoms with Gasteiger partial charge >= 0.3 is 7.67 Å². The minimum atomic E-state index is -3.23. The minimum Gasteiger partial charge on any atom is -0.394 e. The summed E-state index contributed by atoms with van der Waals surface area (Å²) in [6, 6.07) is 0.0246. The summed E-state index contributed by atoms with van der Waals surface area (Å²) in [5.41, 5.74) is 0. The monoisotopic (exact) mass is 514 g/mol. The molecule has 5 atom stereocenters. The maximum atomic E-state index is 14.1. The fraction of sp³-hybridized carbons (Fsp3) is 1.00. The maximum absolute atomic E-state index is 14.1. The molecule has 0 spiro atoms. The average Bonchev–Trinajstić information content (AvgIpc) is 2.65. The van der Waals surface area contributed by atoms with Crippen molar-refractivity contribution in [1.29, 1.82) is 0 Å². The predicted molar refractivity (Wildman–Crippen MR) is 117 cm³/mol. The Bertz CT molecular complexity index is 526. The molecule has 0 radical (unpaired) electrons. The molecule has 27 heavy (non-hydrogen) atoms. The molecular weight excluding hydrogens is 484 g/mol. The number of morpholine rings is 2. The van der Waals surface area contributed by atoms with E-state index in [2.05, 4.69) is 31.3 Å². The van der Waals surface area contributed by atoms with Gasteiger partial charge in [0.15, 0.2) is 0 Å². The molecular formula is C14H30B2IN4O5P. The van der Waals surface area contributed by atoms with Crippen LogP contribution in [0.5, 0.6) is 0 Å². The van der Waals surface area contributed by atoms with Crippen LogP contribution in [0.25, 0.3) is 0 Å². The number of nitrogens with one attached hydrogen (secondary N) is 1. The van der Waals surface area contributed by atoms with Crippen LogP contribution in [0.3, 0.4) is 0 Å². The van der Waals surface area contributed by atoms with Crippen molar-refractivity contribution < 1.29 is 23.7 Å². The molecule has 5 unspecified atom stereocenters. The van der Waals surface area contributed by atoms with E-state index in [1.54, 1.807) is 0 Å². The van der Waals surface area contributed by atoms with E-state index in [-0.39, 0.29) is 30.8 Å². The molecule has 0 bridgehead atoms. The molecule has 3 saturated heterocycles. The number of halogens is 1. The van der Waals surface area contributed by atoms with Crippen LogP contribution in [0, 0.1) is 0 Å². The van der Waals surface area contributed by atoms with Crippen molar-refractivity contribution in [2.24, 2.45) is 0 Å². The molecule has 0 aliphatic carbocycles. The van der Waals surface area contributed by atoms with Crippen molar-refractivity contribution in [3.05, 3.63) is 0 Å². The molecule has 3 aliphatic heterocycles. The Morgan fingerprint density at radius 2 is 1.74 bits per heavy atom. The van der Waals surface area contributed by atoms with Crippen LogP contribution in [-0.4, -0.2) is 123 Å². The van der Waals surface area contributed by atoms with Gasteiger partial charge in [-0.15, -0.1) is 0 Å². The Labute approximate surface area is 177 Å². The number of hydrogen-bond acceptors (Lipinski definition) is 7. The highest BCUT2D eigenvalue weighted by Gasteiger charge is 2.44. The number of aliphatic hydroxyl groups excluding tert-OH is 1. The molecule has 13 heteroatoms. The largest absolute Gasteiger partial charge is 0.394 e. The summed E-state index contributed by atoms with van der Waals surface area (Å²) >= 11 is 2.30. The Hall–Kier alpha value is 0.770. The normalized spacial score (nSPS) is 37.1. The molecule has 2 N–H and O–H groups in total.